The third kappa shape index (κ3) is 6.20. The highest BCUT2D eigenvalue weighted by atomic mass is 32.2. The fourth-order valence-electron chi connectivity index (χ4n) is 5.04. The molecular weight excluding hydrogens is 530 g/mol. The Morgan fingerprint density at radius 2 is 1.68 bits per heavy atom. The number of aryl methyl sites for hydroxylation is 1. The molecule has 5 rings (SSSR count). The normalized spacial score (nSPS) is 11.9. The molecule has 0 aliphatic heterocycles. The van der Waals surface area contributed by atoms with Gasteiger partial charge in [-0.15, -0.1) is 0 Å². The highest BCUT2D eigenvalue weighted by Gasteiger charge is 2.18. The standard InChI is InChI=1S/C34H33N3O3S/c1-4-41-34-36-31-22(2)18-27(32(38)35-20-23(3)25-10-6-5-7-11-25)19-30(31)37(34)21-24-14-16-26(17-15-24)28-12-8-9-13-29(28)33(39)40/h5-19,23H,4,20-21H2,1-3H3,(H,35,38)(H,39,40)/t23-/m0/s1. The Balaban J connectivity index is 1.42. The molecule has 0 saturated carbocycles. The first kappa shape index (κ1) is 28.2. The van der Waals surface area contributed by atoms with E-state index >= 15 is 0 Å². The van der Waals surface area contributed by atoms with Crippen molar-refractivity contribution in [3.8, 4) is 11.1 Å². The lowest BCUT2D eigenvalue weighted by Gasteiger charge is -2.14. The minimum absolute atomic E-state index is 0.100. The van der Waals surface area contributed by atoms with Crippen LogP contribution in [0.4, 0.5) is 0 Å². The zero-order valence-electron chi connectivity index (χ0n) is 23.4. The number of imidazole rings is 1. The van der Waals surface area contributed by atoms with Gasteiger partial charge in [-0.05, 0) is 64.6 Å². The van der Waals surface area contributed by atoms with Gasteiger partial charge in [0, 0.05) is 12.1 Å². The Morgan fingerprint density at radius 3 is 2.39 bits per heavy atom. The van der Waals surface area contributed by atoms with Crippen LogP contribution in [0.15, 0.2) is 96.2 Å². The van der Waals surface area contributed by atoms with Gasteiger partial charge in [0.05, 0.1) is 23.1 Å². The molecule has 0 aliphatic rings. The molecule has 1 heterocycles. The van der Waals surface area contributed by atoms with Crippen molar-refractivity contribution in [2.45, 2.75) is 38.4 Å². The highest BCUT2D eigenvalue weighted by Crippen LogP contribution is 2.30. The average molecular weight is 564 g/mol. The van der Waals surface area contributed by atoms with E-state index in [0.29, 0.717) is 24.2 Å². The van der Waals surface area contributed by atoms with Gasteiger partial charge in [0.1, 0.15) is 0 Å². The SMILES string of the molecule is CCSc1nc2c(C)cc(C(=O)NC[C@H](C)c3ccccc3)cc2n1Cc1ccc(-c2ccccc2C(=O)O)cc1. The van der Waals surface area contributed by atoms with Crippen LogP contribution in [-0.2, 0) is 6.54 Å². The summed E-state index contributed by atoms with van der Waals surface area (Å²) in [5, 5.41) is 13.6. The molecule has 0 saturated heterocycles. The van der Waals surface area contributed by atoms with Crippen molar-refractivity contribution in [3.63, 3.8) is 0 Å². The molecule has 1 aromatic heterocycles. The van der Waals surface area contributed by atoms with Crippen LogP contribution in [0.25, 0.3) is 22.2 Å². The lowest BCUT2D eigenvalue weighted by atomic mass is 9.99. The second kappa shape index (κ2) is 12.4. The average Bonchev–Trinajstić information content (AvgIpc) is 3.34. The molecule has 5 aromatic rings. The lowest BCUT2D eigenvalue weighted by Crippen LogP contribution is -2.27. The molecule has 0 aliphatic carbocycles. The fourth-order valence-corrected chi connectivity index (χ4v) is 5.77. The van der Waals surface area contributed by atoms with E-state index in [9.17, 15) is 14.7 Å². The number of aromatic nitrogens is 2. The number of aromatic carboxylic acids is 1. The maximum Gasteiger partial charge on any atom is 0.336 e. The van der Waals surface area contributed by atoms with Gasteiger partial charge in [0.15, 0.2) is 5.16 Å². The van der Waals surface area contributed by atoms with Gasteiger partial charge in [-0.25, -0.2) is 9.78 Å². The number of benzene rings is 4. The van der Waals surface area contributed by atoms with Gasteiger partial charge in [-0.3, -0.25) is 4.79 Å². The molecule has 0 bridgehead atoms. The number of carbonyl (C=O) groups is 2. The quantitative estimate of drug-likeness (QED) is 0.173. The zero-order chi connectivity index (χ0) is 28.9. The monoisotopic (exact) mass is 563 g/mol. The van der Waals surface area contributed by atoms with Crippen molar-refractivity contribution in [2.75, 3.05) is 12.3 Å². The van der Waals surface area contributed by atoms with Gasteiger partial charge in [-0.1, -0.05) is 98.4 Å². The summed E-state index contributed by atoms with van der Waals surface area (Å²) in [4.78, 5) is 29.9. The van der Waals surface area contributed by atoms with Gasteiger partial charge >= 0.3 is 5.97 Å². The van der Waals surface area contributed by atoms with E-state index in [-0.39, 0.29) is 17.4 Å². The van der Waals surface area contributed by atoms with Crippen molar-refractivity contribution in [1.29, 1.82) is 0 Å². The van der Waals surface area contributed by atoms with E-state index < -0.39 is 5.97 Å². The molecule has 0 radical (unpaired) electrons. The molecule has 2 N–H and O–H groups in total. The van der Waals surface area contributed by atoms with E-state index in [1.807, 2.05) is 73.7 Å². The van der Waals surface area contributed by atoms with Crippen molar-refractivity contribution in [3.05, 3.63) is 119 Å². The van der Waals surface area contributed by atoms with Crippen LogP contribution in [0.2, 0.25) is 0 Å². The van der Waals surface area contributed by atoms with E-state index in [1.165, 1.54) is 5.56 Å². The Labute approximate surface area is 244 Å². The number of rotatable bonds is 10. The summed E-state index contributed by atoms with van der Waals surface area (Å²) in [5.74, 6) is 0.0311. The third-order valence-corrected chi connectivity index (χ3v) is 8.10. The smallest absolute Gasteiger partial charge is 0.336 e. The molecule has 0 fully saturated rings. The zero-order valence-corrected chi connectivity index (χ0v) is 24.2. The van der Waals surface area contributed by atoms with Crippen LogP contribution in [0.5, 0.6) is 0 Å². The first-order chi connectivity index (χ1) is 19.9. The number of hydrogen-bond acceptors (Lipinski definition) is 4. The Bertz CT molecular complexity index is 1690. The summed E-state index contributed by atoms with van der Waals surface area (Å²) in [6.45, 7) is 7.34. The predicted octanol–water partition coefficient (Wildman–Crippen LogP) is 7.40. The summed E-state index contributed by atoms with van der Waals surface area (Å²) in [7, 11) is 0. The molecule has 0 unspecified atom stereocenters. The van der Waals surface area contributed by atoms with Crippen LogP contribution in [0, 0.1) is 6.92 Å². The number of thioether (sulfide) groups is 1. The Kier molecular flexibility index (Phi) is 8.55. The van der Waals surface area contributed by atoms with E-state index in [2.05, 4.69) is 35.9 Å². The van der Waals surface area contributed by atoms with Crippen molar-refractivity contribution in [2.24, 2.45) is 0 Å². The molecule has 1 amide bonds. The number of nitrogens with one attached hydrogen (secondary N) is 1. The van der Waals surface area contributed by atoms with Gasteiger partial charge in [0.25, 0.3) is 5.91 Å². The van der Waals surface area contributed by atoms with E-state index in [4.69, 9.17) is 4.98 Å². The lowest BCUT2D eigenvalue weighted by molar-refractivity contribution is 0.0697. The number of carbonyl (C=O) groups excluding carboxylic acids is 1. The van der Waals surface area contributed by atoms with Crippen molar-refractivity contribution >= 4 is 34.7 Å². The van der Waals surface area contributed by atoms with Crippen LogP contribution >= 0.6 is 11.8 Å². The minimum atomic E-state index is -0.944. The molecule has 4 aromatic carbocycles. The Hall–Kier alpha value is -4.36. The molecule has 208 valence electrons. The van der Waals surface area contributed by atoms with Gasteiger partial charge in [0.2, 0.25) is 0 Å². The third-order valence-electron chi connectivity index (χ3n) is 7.25. The first-order valence-electron chi connectivity index (χ1n) is 13.7. The van der Waals surface area contributed by atoms with Crippen molar-refractivity contribution in [1.82, 2.24) is 14.9 Å². The Morgan fingerprint density at radius 1 is 0.976 bits per heavy atom. The molecule has 41 heavy (non-hydrogen) atoms. The molecule has 7 heteroatoms. The number of amides is 1. The summed E-state index contributed by atoms with van der Waals surface area (Å²) < 4.78 is 2.17. The minimum Gasteiger partial charge on any atom is -0.478 e. The predicted molar refractivity (Wildman–Crippen MR) is 166 cm³/mol. The number of carboxylic acid groups (broad SMARTS) is 1. The second-order valence-electron chi connectivity index (χ2n) is 10.1. The fraction of sp³-hybridized carbons (Fsp3) is 0.206. The number of carboxylic acids is 1. The van der Waals surface area contributed by atoms with E-state index in [1.54, 1.807) is 23.9 Å². The first-order valence-corrected chi connectivity index (χ1v) is 14.7. The van der Waals surface area contributed by atoms with E-state index in [0.717, 1.165) is 38.6 Å². The van der Waals surface area contributed by atoms with Crippen molar-refractivity contribution < 1.29 is 14.7 Å². The van der Waals surface area contributed by atoms with Crippen LogP contribution in [-0.4, -0.2) is 38.8 Å². The maximum absolute atomic E-state index is 13.2. The van der Waals surface area contributed by atoms with Crippen LogP contribution in [0.1, 0.15) is 57.2 Å². The topological polar surface area (TPSA) is 84.2 Å². The highest BCUT2D eigenvalue weighted by molar-refractivity contribution is 7.99. The molecule has 1 atom stereocenters. The summed E-state index contributed by atoms with van der Waals surface area (Å²) in [5.41, 5.74) is 7.46. The van der Waals surface area contributed by atoms with Crippen LogP contribution < -0.4 is 5.32 Å². The van der Waals surface area contributed by atoms with Gasteiger partial charge < -0.3 is 15.0 Å². The second-order valence-corrected chi connectivity index (χ2v) is 11.4. The molecule has 0 spiro atoms. The number of fused-ring (bicyclic) bond motifs is 1. The summed E-state index contributed by atoms with van der Waals surface area (Å²) >= 11 is 1.67. The molecule has 6 nitrogen and oxygen atoms in total. The largest absolute Gasteiger partial charge is 0.478 e. The van der Waals surface area contributed by atoms with Crippen LogP contribution in [0.3, 0.4) is 0 Å². The van der Waals surface area contributed by atoms with Gasteiger partial charge in [-0.2, -0.15) is 0 Å². The summed E-state index contributed by atoms with van der Waals surface area (Å²) in [6, 6.07) is 29.0. The summed E-state index contributed by atoms with van der Waals surface area (Å²) in [6.07, 6.45) is 0. The molecular formula is C34H33N3O3S. The number of hydrogen-bond donors (Lipinski definition) is 2. The maximum atomic E-state index is 13.2. The number of nitrogens with zero attached hydrogens (tertiary/aromatic N) is 2.